The largest absolute Gasteiger partial charge is 0.481 e. The van der Waals surface area contributed by atoms with E-state index in [-0.39, 0.29) is 23.3 Å². The minimum Gasteiger partial charge on any atom is -0.481 e. The molecular weight excluding hydrogens is 346 g/mol. The fraction of sp³-hybridized carbons (Fsp3) is 0.550. The number of nitrogens with zero attached hydrogens (tertiary/aromatic N) is 1. The average molecular weight is 373 g/mol. The summed E-state index contributed by atoms with van der Waals surface area (Å²) in [6.45, 7) is 8.09. The van der Waals surface area contributed by atoms with Gasteiger partial charge < -0.3 is 20.1 Å². The number of methoxy groups -OCH3 is 1. The Bertz CT molecular complexity index is 771. The van der Waals surface area contributed by atoms with Crippen LogP contribution in [-0.2, 0) is 14.3 Å². The Kier molecular flexibility index (Phi) is 4.66. The summed E-state index contributed by atoms with van der Waals surface area (Å²) < 4.78 is 11.3. The molecule has 27 heavy (non-hydrogen) atoms. The van der Waals surface area contributed by atoms with Gasteiger partial charge in [-0.3, -0.25) is 0 Å². The molecule has 1 aromatic rings. The fourth-order valence-corrected chi connectivity index (χ4v) is 3.22. The van der Waals surface area contributed by atoms with E-state index < -0.39 is 11.1 Å². The smallest absolute Gasteiger partial charge is 0.335 e. The number of amides is 2. The standard InChI is InChI=1S/C20H27N3O4/c1-18(2,3)19(4)15(26-5)23-20(16(24)27-19)11-13(20)12-21-17(25)22-14-9-7-6-8-10-14/h6-10,13H,11-12H2,1-5H3,(H2,21,22,25)/t13-,19+,20-/m0/s1. The van der Waals surface area contributed by atoms with Crippen molar-refractivity contribution in [1.82, 2.24) is 5.32 Å². The number of ether oxygens (including phenoxy) is 2. The highest BCUT2D eigenvalue weighted by Gasteiger charge is 2.67. The second kappa shape index (κ2) is 6.55. The number of carbonyl (C=O) groups excluding carboxylic acids is 2. The maximum atomic E-state index is 12.7. The first-order chi connectivity index (χ1) is 12.6. The summed E-state index contributed by atoms with van der Waals surface area (Å²) >= 11 is 0. The Balaban J connectivity index is 1.66. The molecular formula is C20H27N3O4. The number of aliphatic imine (C=N–C) groups is 1. The van der Waals surface area contributed by atoms with E-state index in [1.54, 1.807) is 19.2 Å². The zero-order valence-corrected chi connectivity index (χ0v) is 16.5. The molecule has 0 saturated heterocycles. The van der Waals surface area contributed by atoms with E-state index in [1.165, 1.54) is 0 Å². The van der Waals surface area contributed by atoms with E-state index in [9.17, 15) is 9.59 Å². The molecule has 3 atom stereocenters. The molecule has 0 aromatic heterocycles. The Morgan fingerprint density at radius 3 is 2.59 bits per heavy atom. The van der Waals surface area contributed by atoms with Gasteiger partial charge in [0, 0.05) is 23.6 Å². The minimum atomic E-state index is -0.948. The number of nitrogens with one attached hydrogen (secondary N) is 2. The van der Waals surface area contributed by atoms with Crippen molar-refractivity contribution >= 4 is 23.6 Å². The number of anilines is 1. The van der Waals surface area contributed by atoms with Crippen LogP contribution >= 0.6 is 0 Å². The normalized spacial score (nSPS) is 29.6. The lowest BCUT2D eigenvalue weighted by Gasteiger charge is -2.44. The lowest BCUT2D eigenvalue weighted by molar-refractivity contribution is -0.168. The Labute approximate surface area is 159 Å². The van der Waals surface area contributed by atoms with Gasteiger partial charge in [0.05, 0.1) is 7.11 Å². The molecule has 7 heteroatoms. The van der Waals surface area contributed by atoms with Crippen molar-refractivity contribution in [2.75, 3.05) is 19.0 Å². The molecule has 1 spiro atoms. The average Bonchev–Trinajstić information content (AvgIpc) is 3.30. The molecule has 3 rings (SSSR count). The topological polar surface area (TPSA) is 89.0 Å². The second-order valence-electron chi connectivity index (χ2n) is 8.32. The number of benzene rings is 1. The van der Waals surface area contributed by atoms with E-state index in [4.69, 9.17) is 9.47 Å². The van der Waals surface area contributed by atoms with E-state index in [2.05, 4.69) is 15.6 Å². The van der Waals surface area contributed by atoms with Crippen LogP contribution in [-0.4, -0.2) is 42.7 Å². The van der Waals surface area contributed by atoms with Crippen LogP contribution in [0.4, 0.5) is 10.5 Å². The number of cyclic esters (lactones) is 1. The van der Waals surface area contributed by atoms with Gasteiger partial charge in [-0.2, -0.15) is 0 Å². The summed E-state index contributed by atoms with van der Waals surface area (Å²) in [6, 6.07) is 8.86. The number of carbonyl (C=O) groups is 2. The van der Waals surface area contributed by atoms with Gasteiger partial charge >= 0.3 is 12.0 Å². The van der Waals surface area contributed by atoms with Crippen LogP contribution in [0.3, 0.4) is 0 Å². The highest BCUT2D eigenvalue weighted by Crippen LogP contribution is 2.53. The third kappa shape index (κ3) is 3.38. The first kappa shape index (κ1) is 19.2. The number of esters is 1. The molecule has 146 valence electrons. The number of hydrogen-bond acceptors (Lipinski definition) is 5. The molecule has 1 aliphatic carbocycles. The molecule has 1 aliphatic heterocycles. The Morgan fingerprint density at radius 1 is 1.33 bits per heavy atom. The van der Waals surface area contributed by atoms with Crippen molar-refractivity contribution < 1.29 is 19.1 Å². The van der Waals surface area contributed by atoms with Gasteiger partial charge in [0.1, 0.15) is 0 Å². The lowest BCUT2D eigenvalue weighted by atomic mass is 9.76. The summed E-state index contributed by atoms with van der Waals surface area (Å²) in [6.07, 6.45) is 0.532. The molecule has 1 fully saturated rings. The van der Waals surface area contributed by atoms with Gasteiger partial charge in [0.2, 0.25) is 5.90 Å². The monoisotopic (exact) mass is 373 g/mol. The van der Waals surface area contributed by atoms with Crippen LogP contribution in [0, 0.1) is 11.3 Å². The zero-order valence-electron chi connectivity index (χ0n) is 16.5. The Morgan fingerprint density at radius 2 is 2.00 bits per heavy atom. The fourth-order valence-electron chi connectivity index (χ4n) is 3.22. The third-order valence-electron chi connectivity index (χ3n) is 5.60. The number of para-hydroxylation sites is 1. The van der Waals surface area contributed by atoms with E-state index >= 15 is 0 Å². The highest BCUT2D eigenvalue weighted by molar-refractivity contribution is 5.99. The lowest BCUT2D eigenvalue weighted by Crippen LogP contribution is -2.57. The molecule has 0 bridgehead atoms. The molecule has 1 saturated carbocycles. The van der Waals surface area contributed by atoms with Crippen LogP contribution in [0.2, 0.25) is 0 Å². The van der Waals surface area contributed by atoms with Crippen molar-refractivity contribution in [2.45, 2.75) is 45.3 Å². The number of urea groups is 1. The van der Waals surface area contributed by atoms with Gasteiger partial charge in [0.25, 0.3) is 0 Å². The number of hydrogen-bond donors (Lipinski definition) is 2. The molecule has 2 N–H and O–H groups in total. The predicted octanol–water partition coefficient (Wildman–Crippen LogP) is 2.97. The Hall–Kier alpha value is -2.57. The minimum absolute atomic E-state index is 0.110. The molecule has 1 aromatic carbocycles. The number of rotatable bonds is 3. The van der Waals surface area contributed by atoms with E-state index in [1.807, 2.05) is 45.9 Å². The van der Waals surface area contributed by atoms with Crippen molar-refractivity contribution in [1.29, 1.82) is 0 Å². The van der Waals surface area contributed by atoms with Gasteiger partial charge in [0.15, 0.2) is 11.1 Å². The van der Waals surface area contributed by atoms with Crippen LogP contribution in [0.5, 0.6) is 0 Å². The van der Waals surface area contributed by atoms with Crippen LogP contribution in [0.25, 0.3) is 0 Å². The van der Waals surface area contributed by atoms with Crippen molar-refractivity contribution in [3.8, 4) is 0 Å². The van der Waals surface area contributed by atoms with Crippen molar-refractivity contribution in [2.24, 2.45) is 16.3 Å². The quantitative estimate of drug-likeness (QED) is 0.797. The molecule has 2 aliphatic rings. The highest BCUT2D eigenvalue weighted by atomic mass is 16.6. The molecule has 0 radical (unpaired) electrons. The SMILES string of the molecule is COC1=N[C@]2(C[C@H]2CNC(=O)Nc2ccccc2)C(=O)O[C@@]1(C)C(C)(C)C. The predicted molar refractivity (Wildman–Crippen MR) is 103 cm³/mol. The maximum Gasteiger partial charge on any atom is 0.335 e. The molecule has 7 nitrogen and oxygen atoms in total. The van der Waals surface area contributed by atoms with Crippen LogP contribution in [0.15, 0.2) is 35.3 Å². The maximum absolute atomic E-state index is 12.7. The molecule has 0 unspecified atom stereocenters. The second-order valence-corrected chi connectivity index (χ2v) is 8.32. The van der Waals surface area contributed by atoms with Crippen LogP contribution in [0.1, 0.15) is 34.1 Å². The third-order valence-corrected chi connectivity index (χ3v) is 5.60. The first-order valence-electron chi connectivity index (χ1n) is 9.10. The summed E-state index contributed by atoms with van der Waals surface area (Å²) in [5, 5.41) is 5.55. The van der Waals surface area contributed by atoms with Gasteiger partial charge in [-0.15, -0.1) is 0 Å². The summed E-state index contributed by atoms with van der Waals surface area (Å²) in [5.41, 5.74) is -1.53. The summed E-state index contributed by atoms with van der Waals surface area (Å²) in [7, 11) is 1.54. The van der Waals surface area contributed by atoms with Crippen LogP contribution < -0.4 is 10.6 Å². The van der Waals surface area contributed by atoms with Crippen molar-refractivity contribution in [3.63, 3.8) is 0 Å². The first-order valence-corrected chi connectivity index (χ1v) is 9.10. The summed E-state index contributed by atoms with van der Waals surface area (Å²) in [5.74, 6) is -0.0389. The van der Waals surface area contributed by atoms with E-state index in [0.29, 0.717) is 24.6 Å². The van der Waals surface area contributed by atoms with Gasteiger partial charge in [-0.25, -0.2) is 14.6 Å². The van der Waals surface area contributed by atoms with Gasteiger partial charge in [-0.1, -0.05) is 39.0 Å². The van der Waals surface area contributed by atoms with Gasteiger partial charge in [-0.05, 0) is 25.5 Å². The molecule has 2 amide bonds. The summed E-state index contributed by atoms with van der Waals surface area (Å²) in [4.78, 5) is 29.4. The van der Waals surface area contributed by atoms with E-state index in [0.717, 1.165) is 0 Å². The molecule has 1 heterocycles. The zero-order chi connectivity index (χ0) is 19.9. The van der Waals surface area contributed by atoms with Crippen molar-refractivity contribution in [3.05, 3.63) is 30.3 Å².